The molecule has 3 rings (SSSR count). The lowest BCUT2D eigenvalue weighted by Gasteiger charge is -2.19. The van der Waals surface area contributed by atoms with E-state index in [1.54, 1.807) is 12.1 Å². The summed E-state index contributed by atoms with van der Waals surface area (Å²) in [4.78, 5) is 0. The lowest BCUT2D eigenvalue weighted by molar-refractivity contribution is 0.144. The Labute approximate surface area is 170 Å². The Kier molecular flexibility index (Phi) is 6.50. The van der Waals surface area contributed by atoms with Crippen molar-refractivity contribution in [3.8, 4) is 5.75 Å². The Morgan fingerprint density at radius 1 is 1.29 bits per heavy atom. The van der Waals surface area contributed by atoms with E-state index in [1.165, 1.54) is 12.7 Å². The van der Waals surface area contributed by atoms with Crippen LogP contribution >= 0.6 is 12.2 Å². The Hall–Kier alpha value is -2.21. The third-order valence-electron chi connectivity index (χ3n) is 5.11. The topological polar surface area (TPSA) is 30.5 Å². The normalized spacial score (nSPS) is 13.5. The minimum absolute atomic E-state index is 0.0618. The maximum Gasteiger partial charge on any atom is 0.267 e. The maximum atomic E-state index is 13.6. The van der Waals surface area contributed by atoms with Crippen LogP contribution in [-0.2, 0) is 17.8 Å². The molecular weight excluding hydrogens is 380 g/mol. The van der Waals surface area contributed by atoms with Gasteiger partial charge in [0.25, 0.3) is 11.6 Å². The molecule has 150 valence electrons. The van der Waals surface area contributed by atoms with Crippen molar-refractivity contribution in [2.45, 2.75) is 52.1 Å². The number of thiocarbonyl (C=S) groups is 1. The van der Waals surface area contributed by atoms with Crippen LogP contribution in [0.25, 0.3) is 0 Å². The van der Waals surface area contributed by atoms with E-state index >= 15 is 0 Å². The van der Waals surface area contributed by atoms with E-state index in [0.29, 0.717) is 12.3 Å². The number of alkyl halides is 2. The summed E-state index contributed by atoms with van der Waals surface area (Å²) in [5.74, 6) is 0.714. The fraction of sp³-hybridized carbons (Fsp3) is 0.409. The Bertz CT molecular complexity index is 866. The zero-order chi connectivity index (χ0) is 20.3. The first-order valence-electron chi connectivity index (χ1n) is 9.45. The van der Waals surface area contributed by atoms with Crippen molar-refractivity contribution in [1.82, 2.24) is 0 Å². The van der Waals surface area contributed by atoms with E-state index in [2.05, 4.69) is 11.4 Å². The molecule has 0 amide bonds. The highest BCUT2D eigenvalue weighted by molar-refractivity contribution is 7.80. The van der Waals surface area contributed by atoms with Crippen molar-refractivity contribution in [3.05, 3.63) is 58.1 Å². The lowest BCUT2D eigenvalue weighted by Crippen LogP contribution is -2.14. The highest BCUT2D eigenvalue weighted by Crippen LogP contribution is 2.44. The summed E-state index contributed by atoms with van der Waals surface area (Å²) in [5, 5.41) is 3.32. The number of benzene rings is 2. The molecule has 2 aromatic rings. The van der Waals surface area contributed by atoms with E-state index < -0.39 is 6.43 Å². The summed E-state index contributed by atoms with van der Waals surface area (Å²) in [7, 11) is 1.50. The number of nitrogens with one attached hydrogen (secondary N) is 1. The SMILES string of the molecule is CCc1cc(C(F)F)c(OCc2c(NC(=S)OC)cccc2C2CC2)cc1C. The Morgan fingerprint density at radius 2 is 2.04 bits per heavy atom. The van der Waals surface area contributed by atoms with Gasteiger partial charge in [-0.05, 0) is 79.2 Å². The molecule has 0 spiro atoms. The van der Waals surface area contributed by atoms with Gasteiger partial charge in [0, 0.05) is 11.3 Å². The van der Waals surface area contributed by atoms with Gasteiger partial charge < -0.3 is 14.8 Å². The standard InChI is InChI=1S/C22H25F2NO2S/c1-4-14-11-17(21(23)24)20(10-13(14)2)27-12-18-16(15-8-9-15)6-5-7-19(18)25-22(28)26-3/h5-7,10-11,15,21H,4,8-9,12H2,1-3H3,(H,25,28). The Balaban J connectivity index is 1.92. The van der Waals surface area contributed by atoms with Gasteiger partial charge >= 0.3 is 0 Å². The minimum Gasteiger partial charge on any atom is -0.488 e. The number of halogens is 2. The number of hydrogen-bond donors (Lipinski definition) is 1. The third kappa shape index (κ3) is 4.61. The van der Waals surface area contributed by atoms with E-state index in [9.17, 15) is 8.78 Å². The molecule has 28 heavy (non-hydrogen) atoms. The monoisotopic (exact) mass is 405 g/mol. The largest absolute Gasteiger partial charge is 0.488 e. The molecule has 3 nitrogen and oxygen atoms in total. The van der Waals surface area contributed by atoms with Crippen LogP contribution in [0.5, 0.6) is 5.75 Å². The second-order valence-corrected chi connectivity index (χ2v) is 7.39. The zero-order valence-corrected chi connectivity index (χ0v) is 17.2. The molecule has 0 aliphatic heterocycles. The number of aryl methyl sites for hydroxylation is 2. The van der Waals surface area contributed by atoms with Gasteiger partial charge in [-0.2, -0.15) is 0 Å². The molecule has 1 aliphatic carbocycles. The summed E-state index contributed by atoms with van der Waals surface area (Å²) in [6, 6.07) is 9.20. The molecular formula is C22H25F2NO2S. The van der Waals surface area contributed by atoms with Crippen LogP contribution in [0.4, 0.5) is 14.5 Å². The third-order valence-corrected chi connectivity index (χ3v) is 5.38. The number of hydrogen-bond acceptors (Lipinski definition) is 3. The van der Waals surface area contributed by atoms with Crippen LogP contribution in [0.3, 0.4) is 0 Å². The van der Waals surface area contributed by atoms with Crippen LogP contribution in [-0.4, -0.2) is 12.3 Å². The lowest BCUT2D eigenvalue weighted by atomic mass is 10.0. The molecule has 0 bridgehead atoms. The van der Waals surface area contributed by atoms with Crippen molar-refractivity contribution in [1.29, 1.82) is 0 Å². The molecule has 1 N–H and O–H groups in total. The summed E-state index contributed by atoms with van der Waals surface area (Å²) in [6.07, 6.45) is 0.368. The second kappa shape index (κ2) is 8.86. The Morgan fingerprint density at radius 3 is 2.64 bits per heavy atom. The smallest absolute Gasteiger partial charge is 0.267 e. The van der Waals surface area contributed by atoms with Gasteiger partial charge in [0.15, 0.2) is 0 Å². The number of methoxy groups -OCH3 is 1. The molecule has 2 aromatic carbocycles. The van der Waals surface area contributed by atoms with Gasteiger partial charge in [0.05, 0.1) is 12.7 Å². The average molecular weight is 406 g/mol. The molecule has 0 unspecified atom stereocenters. The predicted octanol–water partition coefficient (Wildman–Crippen LogP) is 6.29. The summed E-state index contributed by atoms with van der Waals surface area (Å²) in [5.41, 5.74) is 4.70. The van der Waals surface area contributed by atoms with Crippen LogP contribution in [0.2, 0.25) is 0 Å². The van der Waals surface area contributed by atoms with Gasteiger partial charge in [-0.3, -0.25) is 0 Å². The van der Waals surface area contributed by atoms with Crippen LogP contribution in [0, 0.1) is 6.92 Å². The van der Waals surface area contributed by atoms with Gasteiger partial charge in [0.2, 0.25) is 0 Å². The maximum absolute atomic E-state index is 13.6. The van der Waals surface area contributed by atoms with Gasteiger partial charge in [-0.25, -0.2) is 8.78 Å². The molecule has 6 heteroatoms. The first-order chi connectivity index (χ1) is 13.4. The predicted molar refractivity (Wildman–Crippen MR) is 111 cm³/mol. The van der Waals surface area contributed by atoms with Crippen LogP contribution < -0.4 is 10.1 Å². The van der Waals surface area contributed by atoms with Gasteiger partial charge in [-0.1, -0.05) is 19.1 Å². The molecule has 0 radical (unpaired) electrons. The summed E-state index contributed by atoms with van der Waals surface area (Å²) < 4.78 is 38.2. The number of ether oxygens (including phenoxy) is 2. The zero-order valence-electron chi connectivity index (χ0n) is 16.4. The average Bonchev–Trinajstić information content (AvgIpc) is 3.51. The second-order valence-electron chi connectivity index (χ2n) is 7.02. The molecule has 0 saturated heterocycles. The highest BCUT2D eigenvalue weighted by atomic mass is 32.1. The van der Waals surface area contributed by atoms with Crippen molar-refractivity contribution < 1.29 is 18.3 Å². The molecule has 0 atom stereocenters. The molecule has 1 fully saturated rings. The quantitative estimate of drug-likeness (QED) is 0.548. The van der Waals surface area contributed by atoms with E-state index in [-0.39, 0.29) is 23.1 Å². The van der Waals surface area contributed by atoms with Crippen molar-refractivity contribution >= 4 is 23.1 Å². The first-order valence-corrected chi connectivity index (χ1v) is 9.86. The summed E-state index contributed by atoms with van der Waals surface area (Å²) in [6.45, 7) is 4.07. The van der Waals surface area contributed by atoms with Gasteiger partial charge in [0.1, 0.15) is 12.4 Å². The summed E-state index contributed by atoms with van der Waals surface area (Å²) >= 11 is 5.13. The van der Waals surface area contributed by atoms with Crippen molar-refractivity contribution in [2.24, 2.45) is 0 Å². The van der Waals surface area contributed by atoms with Crippen LogP contribution in [0.1, 0.15) is 59.9 Å². The van der Waals surface area contributed by atoms with Gasteiger partial charge in [-0.15, -0.1) is 0 Å². The minimum atomic E-state index is -2.58. The highest BCUT2D eigenvalue weighted by Gasteiger charge is 2.28. The number of rotatable bonds is 7. The number of anilines is 1. The van der Waals surface area contributed by atoms with Crippen LogP contribution in [0.15, 0.2) is 30.3 Å². The van der Waals surface area contributed by atoms with E-state index in [4.69, 9.17) is 21.7 Å². The molecule has 0 aromatic heterocycles. The fourth-order valence-electron chi connectivity index (χ4n) is 3.39. The molecule has 1 aliphatic rings. The molecule has 1 saturated carbocycles. The molecule has 0 heterocycles. The first kappa shape index (κ1) is 20.5. The van der Waals surface area contributed by atoms with E-state index in [1.807, 2.05) is 26.0 Å². The van der Waals surface area contributed by atoms with Crippen molar-refractivity contribution in [2.75, 3.05) is 12.4 Å². The van der Waals surface area contributed by atoms with E-state index in [0.717, 1.165) is 35.2 Å². The fourth-order valence-corrected chi connectivity index (χ4v) is 3.50. The van der Waals surface area contributed by atoms with Crippen molar-refractivity contribution in [3.63, 3.8) is 0 Å².